The fourth-order valence-electron chi connectivity index (χ4n) is 3.94. The number of nitrogens with zero attached hydrogens (tertiary/aromatic N) is 3. The van der Waals surface area contributed by atoms with Crippen molar-refractivity contribution in [2.75, 3.05) is 4.90 Å². The van der Waals surface area contributed by atoms with E-state index in [4.69, 9.17) is 4.98 Å². The molecule has 0 saturated carbocycles. The predicted molar refractivity (Wildman–Crippen MR) is 129 cm³/mol. The van der Waals surface area contributed by atoms with Gasteiger partial charge in [-0.15, -0.1) is 0 Å². The zero-order chi connectivity index (χ0) is 22.0. The normalized spacial score (nSPS) is 11.1. The van der Waals surface area contributed by atoms with Crippen LogP contribution in [0.4, 0.5) is 5.13 Å². The molecule has 0 aliphatic heterocycles. The van der Waals surface area contributed by atoms with Gasteiger partial charge in [-0.1, -0.05) is 48.1 Å². The molecule has 4 nitrogen and oxygen atoms in total. The second-order valence-corrected chi connectivity index (χ2v) is 9.02. The number of fused-ring (bicyclic) bond motifs is 1. The maximum atomic E-state index is 13.6. The number of carbonyl (C=O) groups excluding carboxylic acids is 1. The maximum Gasteiger partial charge on any atom is 0.233 e. The van der Waals surface area contributed by atoms with E-state index < -0.39 is 0 Å². The molecule has 2 aromatic heterocycles. The summed E-state index contributed by atoms with van der Waals surface area (Å²) in [6.07, 6.45) is 3.09. The van der Waals surface area contributed by atoms with Crippen LogP contribution in [0.3, 0.4) is 0 Å². The Morgan fingerprint density at radius 3 is 2.48 bits per heavy atom. The number of amides is 1. The van der Waals surface area contributed by atoms with Gasteiger partial charge in [-0.25, -0.2) is 4.98 Å². The Morgan fingerprint density at radius 2 is 1.81 bits per heavy atom. The van der Waals surface area contributed by atoms with Gasteiger partial charge < -0.3 is 0 Å². The number of hydrogen-bond donors (Lipinski definition) is 0. The quantitative estimate of drug-likeness (QED) is 0.380. The SMILES string of the molecule is CCc1ccc2nc(N(Cc3ccccn3)C(=O)Cc3c(C)cc(C)cc3C)sc2c1. The van der Waals surface area contributed by atoms with Gasteiger partial charge in [0, 0.05) is 6.20 Å². The number of aryl methyl sites for hydroxylation is 4. The summed E-state index contributed by atoms with van der Waals surface area (Å²) in [7, 11) is 0. The molecule has 0 saturated heterocycles. The fourth-order valence-corrected chi connectivity index (χ4v) is 4.99. The van der Waals surface area contributed by atoms with E-state index in [0.29, 0.717) is 13.0 Å². The molecule has 4 rings (SSSR count). The highest BCUT2D eigenvalue weighted by Crippen LogP contribution is 2.31. The van der Waals surface area contributed by atoms with Gasteiger partial charge in [-0.2, -0.15) is 0 Å². The Balaban J connectivity index is 1.71. The van der Waals surface area contributed by atoms with Gasteiger partial charge in [0.15, 0.2) is 5.13 Å². The lowest BCUT2D eigenvalue weighted by Crippen LogP contribution is -2.32. The second kappa shape index (κ2) is 8.98. The molecule has 4 aromatic rings. The number of hydrogen-bond acceptors (Lipinski definition) is 4. The van der Waals surface area contributed by atoms with Gasteiger partial charge in [-0.3, -0.25) is 14.7 Å². The van der Waals surface area contributed by atoms with Gasteiger partial charge in [0.1, 0.15) is 0 Å². The topological polar surface area (TPSA) is 46.1 Å². The van der Waals surface area contributed by atoms with E-state index in [1.807, 2.05) is 24.3 Å². The third-order valence-corrected chi connectivity index (χ3v) is 6.64. The van der Waals surface area contributed by atoms with Crippen LogP contribution in [0.2, 0.25) is 0 Å². The number of carbonyl (C=O) groups is 1. The van der Waals surface area contributed by atoms with Crippen LogP contribution < -0.4 is 4.90 Å². The molecule has 1 amide bonds. The molecule has 2 aromatic carbocycles. The first-order valence-corrected chi connectivity index (χ1v) is 11.4. The molecule has 0 bridgehead atoms. The fraction of sp³-hybridized carbons (Fsp3) is 0.269. The first-order chi connectivity index (χ1) is 14.9. The monoisotopic (exact) mass is 429 g/mol. The summed E-state index contributed by atoms with van der Waals surface area (Å²) >= 11 is 1.57. The molecule has 0 atom stereocenters. The van der Waals surface area contributed by atoms with Crippen LogP contribution in [0.1, 0.15) is 40.4 Å². The Kier molecular flexibility index (Phi) is 6.14. The van der Waals surface area contributed by atoms with Gasteiger partial charge >= 0.3 is 0 Å². The van der Waals surface area contributed by atoms with E-state index in [9.17, 15) is 4.79 Å². The number of benzene rings is 2. The van der Waals surface area contributed by atoms with Crippen molar-refractivity contribution in [1.29, 1.82) is 0 Å². The molecule has 0 N–H and O–H groups in total. The third kappa shape index (κ3) is 4.67. The maximum absolute atomic E-state index is 13.6. The first kappa shape index (κ1) is 21.2. The van der Waals surface area contributed by atoms with Crippen molar-refractivity contribution in [1.82, 2.24) is 9.97 Å². The molecular weight excluding hydrogens is 402 g/mol. The summed E-state index contributed by atoms with van der Waals surface area (Å²) in [6, 6.07) is 16.4. The van der Waals surface area contributed by atoms with Crippen molar-refractivity contribution in [3.63, 3.8) is 0 Å². The highest BCUT2D eigenvalue weighted by Gasteiger charge is 2.22. The molecule has 0 fully saturated rings. The summed E-state index contributed by atoms with van der Waals surface area (Å²) in [6.45, 7) is 8.80. The Hall–Kier alpha value is -3.05. The molecule has 0 aliphatic rings. The van der Waals surface area contributed by atoms with E-state index in [0.717, 1.165) is 44.2 Å². The van der Waals surface area contributed by atoms with Crippen molar-refractivity contribution in [3.8, 4) is 0 Å². The number of aromatic nitrogens is 2. The van der Waals surface area contributed by atoms with Gasteiger partial charge in [0.05, 0.1) is 28.9 Å². The summed E-state index contributed by atoms with van der Waals surface area (Å²) in [5.74, 6) is 0.0375. The molecule has 5 heteroatoms. The molecule has 0 spiro atoms. The zero-order valence-corrected chi connectivity index (χ0v) is 19.3. The number of rotatable bonds is 6. The van der Waals surface area contributed by atoms with Gasteiger partial charge in [-0.05, 0) is 73.7 Å². The lowest BCUT2D eigenvalue weighted by molar-refractivity contribution is -0.118. The van der Waals surface area contributed by atoms with Crippen LogP contribution in [0.25, 0.3) is 10.2 Å². The first-order valence-electron chi connectivity index (χ1n) is 10.6. The minimum Gasteiger partial charge on any atom is -0.282 e. The van der Waals surface area contributed by atoms with E-state index in [1.54, 1.807) is 22.4 Å². The highest BCUT2D eigenvalue weighted by molar-refractivity contribution is 7.22. The molecule has 2 heterocycles. The van der Waals surface area contributed by atoms with Gasteiger partial charge in [0.2, 0.25) is 5.91 Å². The molecule has 31 heavy (non-hydrogen) atoms. The lowest BCUT2D eigenvalue weighted by atomic mass is 9.97. The Bertz CT molecular complexity index is 1210. The van der Waals surface area contributed by atoms with Crippen LogP contribution in [0.5, 0.6) is 0 Å². The van der Waals surface area contributed by atoms with Crippen LogP contribution in [0.15, 0.2) is 54.7 Å². The number of anilines is 1. The van der Waals surface area contributed by atoms with E-state index in [-0.39, 0.29) is 5.91 Å². The van der Waals surface area contributed by atoms with Crippen molar-refractivity contribution in [2.24, 2.45) is 0 Å². The largest absolute Gasteiger partial charge is 0.282 e. The highest BCUT2D eigenvalue weighted by atomic mass is 32.1. The van der Waals surface area contributed by atoms with Crippen LogP contribution >= 0.6 is 11.3 Å². The Morgan fingerprint density at radius 1 is 1.03 bits per heavy atom. The van der Waals surface area contributed by atoms with E-state index in [1.165, 1.54) is 11.1 Å². The van der Waals surface area contributed by atoms with E-state index >= 15 is 0 Å². The van der Waals surface area contributed by atoms with E-state index in [2.05, 4.69) is 56.9 Å². The van der Waals surface area contributed by atoms with Crippen molar-refractivity contribution in [2.45, 2.75) is 47.1 Å². The second-order valence-electron chi connectivity index (χ2n) is 8.01. The van der Waals surface area contributed by atoms with Crippen LogP contribution in [0, 0.1) is 20.8 Å². The van der Waals surface area contributed by atoms with Crippen LogP contribution in [-0.2, 0) is 24.2 Å². The lowest BCUT2D eigenvalue weighted by Gasteiger charge is -2.21. The summed E-state index contributed by atoms with van der Waals surface area (Å²) < 4.78 is 1.11. The molecule has 0 radical (unpaired) electrons. The average molecular weight is 430 g/mol. The predicted octanol–water partition coefficient (Wildman–Crippen LogP) is 5.95. The van der Waals surface area contributed by atoms with Crippen molar-refractivity contribution < 1.29 is 4.79 Å². The van der Waals surface area contributed by atoms with Gasteiger partial charge in [0.25, 0.3) is 0 Å². The smallest absolute Gasteiger partial charge is 0.233 e. The number of thiazole rings is 1. The summed E-state index contributed by atoms with van der Waals surface area (Å²) in [5.41, 5.74) is 7.67. The molecular formula is C26H27N3OS. The minimum atomic E-state index is 0.0375. The molecule has 0 unspecified atom stereocenters. The molecule has 0 aliphatic carbocycles. The summed E-state index contributed by atoms with van der Waals surface area (Å²) in [4.78, 5) is 24.6. The zero-order valence-electron chi connectivity index (χ0n) is 18.5. The third-order valence-electron chi connectivity index (χ3n) is 5.60. The van der Waals surface area contributed by atoms with Crippen molar-refractivity contribution >= 4 is 32.6 Å². The van der Waals surface area contributed by atoms with Crippen molar-refractivity contribution in [3.05, 3.63) is 88.2 Å². The summed E-state index contributed by atoms with van der Waals surface area (Å²) in [5, 5.41) is 0.723. The number of pyridine rings is 1. The minimum absolute atomic E-state index is 0.0375. The standard InChI is InChI=1S/C26H27N3OS/c1-5-20-9-10-23-24(14-20)31-26(28-23)29(16-21-8-6-7-11-27-21)25(30)15-22-18(3)12-17(2)13-19(22)4/h6-14H,5,15-16H2,1-4H3. The Labute approximate surface area is 187 Å². The average Bonchev–Trinajstić information content (AvgIpc) is 3.18. The van der Waals surface area contributed by atoms with Crippen LogP contribution in [-0.4, -0.2) is 15.9 Å². The molecule has 158 valence electrons.